The Morgan fingerprint density at radius 1 is 1.26 bits per heavy atom. The van der Waals surface area contributed by atoms with Gasteiger partial charge in [0.25, 0.3) is 5.91 Å². The zero-order valence-corrected chi connectivity index (χ0v) is 12.6. The zero-order chi connectivity index (χ0) is 16.8. The van der Waals surface area contributed by atoms with Crippen molar-refractivity contribution in [3.05, 3.63) is 35.2 Å². The summed E-state index contributed by atoms with van der Waals surface area (Å²) < 4.78 is 40.3. The third-order valence-electron chi connectivity index (χ3n) is 4.14. The molecule has 1 saturated heterocycles. The van der Waals surface area contributed by atoms with Crippen LogP contribution in [0.15, 0.2) is 30.3 Å². The van der Waals surface area contributed by atoms with E-state index in [2.05, 4.69) is 0 Å². The minimum absolute atomic E-state index is 0.223. The molecule has 8 heteroatoms. The van der Waals surface area contributed by atoms with Gasteiger partial charge in [-0.25, -0.2) is 0 Å². The summed E-state index contributed by atoms with van der Waals surface area (Å²) in [5.41, 5.74) is -2.88. The summed E-state index contributed by atoms with van der Waals surface area (Å²) in [5.74, 6) is -2.49. The number of benzene rings is 1. The number of thiophene rings is 1. The molecule has 0 aliphatic carbocycles. The first kappa shape index (κ1) is 15.8. The molecule has 1 aromatic heterocycles. The van der Waals surface area contributed by atoms with Crippen LogP contribution in [0.5, 0.6) is 0 Å². The van der Waals surface area contributed by atoms with Crippen molar-refractivity contribution in [2.45, 2.75) is 12.6 Å². The van der Waals surface area contributed by atoms with Crippen molar-refractivity contribution in [1.82, 2.24) is 4.90 Å². The van der Waals surface area contributed by atoms with Crippen LogP contribution in [0.1, 0.15) is 16.1 Å². The van der Waals surface area contributed by atoms with Crippen molar-refractivity contribution in [2.24, 2.45) is 5.41 Å². The van der Waals surface area contributed by atoms with Crippen LogP contribution < -0.4 is 0 Å². The second-order valence-corrected chi connectivity index (χ2v) is 6.59. The first-order valence-corrected chi connectivity index (χ1v) is 7.64. The number of amides is 1. The van der Waals surface area contributed by atoms with Gasteiger partial charge in [0, 0.05) is 17.8 Å². The lowest BCUT2D eigenvalue weighted by Crippen LogP contribution is -2.47. The Bertz CT molecular complexity index is 753. The fourth-order valence-corrected chi connectivity index (χ4v) is 3.78. The molecule has 0 spiro atoms. The van der Waals surface area contributed by atoms with Crippen LogP contribution in [0.2, 0.25) is 0 Å². The maximum Gasteiger partial charge on any atom is 0.406 e. The van der Waals surface area contributed by atoms with Gasteiger partial charge in [0.15, 0.2) is 5.41 Å². The number of hydrogen-bond acceptors (Lipinski definition) is 3. The van der Waals surface area contributed by atoms with Crippen LogP contribution >= 0.6 is 11.3 Å². The highest BCUT2D eigenvalue weighted by Gasteiger charge is 2.64. The fourth-order valence-electron chi connectivity index (χ4n) is 2.75. The van der Waals surface area contributed by atoms with Crippen molar-refractivity contribution >= 4 is 33.3 Å². The summed E-state index contributed by atoms with van der Waals surface area (Å²) in [6.07, 6.45) is -5.52. The number of alkyl halides is 3. The van der Waals surface area contributed by atoms with Gasteiger partial charge in [0.1, 0.15) is 0 Å². The van der Waals surface area contributed by atoms with E-state index in [0.29, 0.717) is 4.88 Å². The molecule has 2 heterocycles. The first-order valence-electron chi connectivity index (χ1n) is 6.82. The van der Waals surface area contributed by atoms with E-state index >= 15 is 0 Å². The molecule has 1 aliphatic heterocycles. The molecule has 1 unspecified atom stereocenters. The van der Waals surface area contributed by atoms with Crippen molar-refractivity contribution in [2.75, 3.05) is 13.1 Å². The molecule has 0 radical (unpaired) electrons. The lowest BCUT2D eigenvalue weighted by atomic mass is 9.86. The zero-order valence-electron chi connectivity index (χ0n) is 11.8. The van der Waals surface area contributed by atoms with Gasteiger partial charge in [-0.2, -0.15) is 13.2 Å². The number of halogens is 3. The second kappa shape index (κ2) is 5.23. The van der Waals surface area contributed by atoms with Gasteiger partial charge in [0.2, 0.25) is 0 Å². The summed E-state index contributed by atoms with van der Waals surface area (Å²) in [6, 6.07) is 8.86. The third kappa shape index (κ3) is 2.46. The van der Waals surface area contributed by atoms with Gasteiger partial charge in [-0.05, 0) is 23.9 Å². The molecule has 1 aromatic carbocycles. The monoisotopic (exact) mass is 343 g/mol. The Balaban J connectivity index is 1.88. The van der Waals surface area contributed by atoms with Crippen LogP contribution in [-0.2, 0) is 4.79 Å². The number of likely N-dealkylation sites (tertiary alicyclic amines) is 1. The van der Waals surface area contributed by atoms with Gasteiger partial charge in [-0.15, -0.1) is 11.3 Å². The van der Waals surface area contributed by atoms with E-state index < -0.39 is 36.4 Å². The Labute approximate surface area is 133 Å². The highest BCUT2D eigenvalue weighted by molar-refractivity contribution is 7.20. The van der Waals surface area contributed by atoms with Gasteiger partial charge < -0.3 is 10.0 Å². The summed E-state index contributed by atoms with van der Waals surface area (Å²) in [7, 11) is 0. The summed E-state index contributed by atoms with van der Waals surface area (Å²) in [5, 5.41) is 9.86. The lowest BCUT2D eigenvalue weighted by molar-refractivity contribution is -0.227. The Kier molecular flexibility index (Phi) is 3.59. The number of carboxylic acid groups (broad SMARTS) is 1. The standard InChI is InChI=1S/C15H12F3NO3S/c16-15(17,18)14(13(21)22)5-6-19(8-14)12(20)11-7-9-3-1-2-4-10(9)23-11/h1-4,7H,5-6,8H2,(H,21,22). The van der Waals surface area contributed by atoms with E-state index in [1.165, 1.54) is 11.3 Å². The lowest BCUT2D eigenvalue weighted by Gasteiger charge is -2.27. The van der Waals surface area contributed by atoms with E-state index in [4.69, 9.17) is 5.11 Å². The maximum absolute atomic E-state index is 13.2. The third-order valence-corrected chi connectivity index (χ3v) is 5.25. The molecule has 1 amide bonds. The fraction of sp³-hybridized carbons (Fsp3) is 0.333. The van der Waals surface area contributed by atoms with Crippen LogP contribution in [0, 0.1) is 5.41 Å². The average Bonchev–Trinajstić information content (AvgIpc) is 3.10. The number of aliphatic carboxylic acids is 1. The molecule has 122 valence electrons. The highest BCUT2D eigenvalue weighted by Crippen LogP contribution is 2.46. The molecule has 0 bridgehead atoms. The number of hydrogen-bond donors (Lipinski definition) is 1. The average molecular weight is 343 g/mol. The number of carbonyl (C=O) groups is 2. The molecule has 4 nitrogen and oxygen atoms in total. The topological polar surface area (TPSA) is 57.6 Å². The van der Waals surface area contributed by atoms with Crippen LogP contribution in [0.25, 0.3) is 10.1 Å². The van der Waals surface area contributed by atoms with E-state index in [-0.39, 0.29) is 6.54 Å². The molecule has 1 N–H and O–H groups in total. The molecule has 0 saturated carbocycles. The summed E-state index contributed by atoms with van der Waals surface area (Å²) >= 11 is 1.19. The van der Waals surface area contributed by atoms with Crippen molar-refractivity contribution in [3.63, 3.8) is 0 Å². The Hall–Kier alpha value is -2.09. The Morgan fingerprint density at radius 3 is 2.52 bits per heavy atom. The molecule has 2 aromatic rings. The van der Waals surface area contributed by atoms with Gasteiger partial charge in [0.05, 0.1) is 4.88 Å². The van der Waals surface area contributed by atoms with E-state index in [9.17, 15) is 22.8 Å². The van der Waals surface area contributed by atoms with Gasteiger partial charge in [-0.3, -0.25) is 9.59 Å². The van der Waals surface area contributed by atoms with Crippen LogP contribution in [0.3, 0.4) is 0 Å². The van der Waals surface area contributed by atoms with Crippen molar-refractivity contribution < 1.29 is 27.9 Å². The molecule has 1 fully saturated rings. The predicted octanol–water partition coefficient (Wildman–Crippen LogP) is 3.38. The SMILES string of the molecule is O=C(c1cc2ccccc2s1)N1CCC(C(=O)O)(C(F)(F)F)C1. The first-order chi connectivity index (χ1) is 10.7. The maximum atomic E-state index is 13.2. The molecular formula is C15H12F3NO3S. The molecule has 1 atom stereocenters. The largest absolute Gasteiger partial charge is 0.481 e. The van der Waals surface area contributed by atoms with Gasteiger partial charge >= 0.3 is 12.1 Å². The minimum atomic E-state index is -4.89. The van der Waals surface area contributed by atoms with Gasteiger partial charge in [-0.1, -0.05) is 18.2 Å². The molecule has 3 rings (SSSR count). The second-order valence-electron chi connectivity index (χ2n) is 5.51. The number of fused-ring (bicyclic) bond motifs is 1. The highest BCUT2D eigenvalue weighted by atomic mass is 32.1. The number of carboxylic acids is 1. The molecule has 23 heavy (non-hydrogen) atoms. The van der Waals surface area contributed by atoms with Crippen molar-refractivity contribution in [3.8, 4) is 0 Å². The predicted molar refractivity (Wildman–Crippen MR) is 78.5 cm³/mol. The van der Waals surface area contributed by atoms with Crippen LogP contribution in [0.4, 0.5) is 13.2 Å². The number of nitrogens with zero attached hydrogens (tertiary/aromatic N) is 1. The van der Waals surface area contributed by atoms with E-state index in [0.717, 1.165) is 15.0 Å². The van der Waals surface area contributed by atoms with E-state index in [1.807, 2.05) is 18.2 Å². The molecule has 1 aliphatic rings. The smallest absolute Gasteiger partial charge is 0.406 e. The molecular weight excluding hydrogens is 331 g/mol. The van der Waals surface area contributed by atoms with E-state index in [1.54, 1.807) is 12.1 Å². The normalized spacial score (nSPS) is 21.8. The summed E-state index contributed by atoms with van der Waals surface area (Å²) in [4.78, 5) is 24.9. The summed E-state index contributed by atoms with van der Waals surface area (Å²) in [6.45, 7) is -1.07. The minimum Gasteiger partial charge on any atom is -0.481 e. The quantitative estimate of drug-likeness (QED) is 0.909. The Morgan fingerprint density at radius 2 is 1.96 bits per heavy atom. The van der Waals surface area contributed by atoms with Crippen LogP contribution in [-0.4, -0.2) is 41.1 Å². The van der Waals surface area contributed by atoms with Crippen molar-refractivity contribution in [1.29, 1.82) is 0 Å². The number of rotatable bonds is 2. The number of carbonyl (C=O) groups excluding carboxylic acids is 1.